The van der Waals surface area contributed by atoms with Gasteiger partial charge in [0.1, 0.15) is 0 Å². The molecule has 0 saturated carbocycles. The Morgan fingerprint density at radius 1 is 1.03 bits per heavy atom. The fourth-order valence-corrected chi connectivity index (χ4v) is 4.04. The average Bonchev–Trinajstić information content (AvgIpc) is 2.86. The molecule has 0 heterocycles. The van der Waals surface area contributed by atoms with Gasteiger partial charge in [-0.1, -0.05) is 69.5 Å². The number of benzene rings is 2. The van der Waals surface area contributed by atoms with E-state index in [-0.39, 0.29) is 17.4 Å². The molecule has 2 rings (SSSR count). The van der Waals surface area contributed by atoms with Crippen molar-refractivity contribution in [1.82, 2.24) is 0 Å². The summed E-state index contributed by atoms with van der Waals surface area (Å²) in [5, 5.41) is 6.14. The highest BCUT2D eigenvalue weighted by atomic mass is 35.5. The molecular weight excluding hydrogens is 515 g/mol. The van der Waals surface area contributed by atoms with Gasteiger partial charge in [0.15, 0.2) is 5.78 Å². The van der Waals surface area contributed by atoms with Crippen molar-refractivity contribution >= 4 is 58.1 Å². The van der Waals surface area contributed by atoms with Gasteiger partial charge in [-0.2, -0.15) is 0 Å². The number of ketones is 1. The summed E-state index contributed by atoms with van der Waals surface area (Å²) in [6.45, 7) is 7.85. The van der Waals surface area contributed by atoms with Crippen molar-refractivity contribution in [1.29, 1.82) is 0 Å². The van der Waals surface area contributed by atoms with E-state index in [1.165, 1.54) is 12.1 Å². The van der Waals surface area contributed by atoms with Crippen LogP contribution in [0.1, 0.15) is 70.2 Å². The lowest BCUT2D eigenvalue weighted by atomic mass is 9.78. The van der Waals surface area contributed by atoms with Crippen LogP contribution < -0.4 is 10.6 Å². The molecule has 2 atom stereocenters. The molecule has 2 N–H and O–H groups in total. The Balaban J connectivity index is 2.03. The molecule has 0 bridgehead atoms. The minimum atomic E-state index is -0.820. The lowest BCUT2D eigenvalue weighted by Gasteiger charge is -2.29. The molecule has 0 aliphatic carbocycles. The number of anilines is 2. The molecule has 0 aliphatic heterocycles. The maximum absolute atomic E-state index is 13.2. The molecule has 2 unspecified atom stereocenters. The molecule has 0 aromatic heterocycles. The number of hydrogen-bond acceptors (Lipinski definition) is 5. The van der Waals surface area contributed by atoms with Gasteiger partial charge in [-0.15, -0.1) is 0 Å². The number of carbonyl (C=O) groups is 4. The van der Waals surface area contributed by atoms with Crippen LogP contribution in [0.15, 0.2) is 42.5 Å². The molecular formula is C28H34Cl2N2O5. The monoisotopic (exact) mass is 548 g/mol. The van der Waals surface area contributed by atoms with E-state index in [4.69, 9.17) is 27.9 Å². The van der Waals surface area contributed by atoms with Gasteiger partial charge in [0.2, 0.25) is 11.8 Å². The molecule has 2 amide bonds. The summed E-state index contributed by atoms with van der Waals surface area (Å²) < 4.78 is 5.30. The fraction of sp³-hybridized carbons (Fsp3) is 0.429. The molecule has 0 saturated heterocycles. The summed E-state index contributed by atoms with van der Waals surface area (Å²) in [7, 11) is 0. The highest BCUT2D eigenvalue weighted by Crippen LogP contribution is 2.32. The summed E-state index contributed by atoms with van der Waals surface area (Å²) in [6, 6.07) is 11.0. The standard InChI is InChI=1S/C28H34Cl2N2O5/c1-5-7-13-37-26(35)18(3)17-28(4,6-2)27(36)31-21-10-8-9-19(14-21)24(33)16-25(34)32-23-15-20(29)11-12-22(23)30/h8-12,14-15,18H,5-7,13,16-17H2,1-4H3,(H,31,36)(H,32,34). The van der Waals surface area contributed by atoms with Gasteiger partial charge in [0.25, 0.3) is 0 Å². The Labute approximate surface area is 228 Å². The van der Waals surface area contributed by atoms with Crippen molar-refractivity contribution in [2.75, 3.05) is 17.2 Å². The highest BCUT2D eigenvalue weighted by Gasteiger charge is 2.35. The van der Waals surface area contributed by atoms with Crippen LogP contribution >= 0.6 is 23.2 Å². The second-order valence-electron chi connectivity index (χ2n) is 9.35. The van der Waals surface area contributed by atoms with Crippen LogP contribution in [0.5, 0.6) is 0 Å². The zero-order chi connectivity index (χ0) is 27.6. The van der Waals surface area contributed by atoms with Crippen LogP contribution in [-0.2, 0) is 19.1 Å². The topological polar surface area (TPSA) is 102 Å². The zero-order valence-electron chi connectivity index (χ0n) is 21.7. The molecule has 200 valence electrons. The molecule has 2 aromatic carbocycles. The third kappa shape index (κ3) is 9.17. The molecule has 0 aliphatic rings. The number of rotatable bonds is 13. The third-order valence-corrected chi connectivity index (χ3v) is 6.76. The maximum atomic E-state index is 13.2. The minimum Gasteiger partial charge on any atom is -0.465 e. The first kappa shape index (κ1) is 30.3. The smallest absolute Gasteiger partial charge is 0.308 e. The van der Waals surface area contributed by atoms with Gasteiger partial charge in [0.05, 0.1) is 29.7 Å². The second kappa shape index (κ2) is 14.1. The summed E-state index contributed by atoms with van der Waals surface area (Å²) in [5.74, 6) is -1.98. The van der Waals surface area contributed by atoms with E-state index in [1.807, 2.05) is 13.8 Å². The van der Waals surface area contributed by atoms with Crippen LogP contribution in [0.25, 0.3) is 0 Å². The summed E-state index contributed by atoms with van der Waals surface area (Å²) in [6.07, 6.45) is 2.15. The molecule has 2 aromatic rings. The van der Waals surface area contributed by atoms with Gasteiger partial charge < -0.3 is 15.4 Å². The normalized spacial score (nSPS) is 13.2. The van der Waals surface area contributed by atoms with E-state index in [0.717, 1.165) is 12.8 Å². The van der Waals surface area contributed by atoms with Crippen LogP contribution in [0.4, 0.5) is 11.4 Å². The Morgan fingerprint density at radius 3 is 2.43 bits per heavy atom. The fourth-order valence-electron chi connectivity index (χ4n) is 3.70. The molecule has 0 radical (unpaired) electrons. The average molecular weight is 549 g/mol. The van der Waals surface area contributed by atoms with Crippen molar-refractivity contribution in [2.24, 2.45) is 11.3 Å². The number of esters is 1. The number of unbranched alkanes of at least 4 members (excludes halogenated alkanes) is 1. The van der Waals surface area contributed by atoms with Crippen molar-refractivity contribution in [3.05, 3.63) is 58.1 Å². The van der Waals surface area contributed by atoms with Gasteiger partial charge >= 0.3 is 5.97 Å². The van der Waals surface area contributed by atoms with Crippen LogP contribution in [0.2, 0.25) is 10.0 Å². The first-order valence-electron chi connectivity index (χ1n) is 12.3. The Bertz CT molecular complexity index is 1140. The predicted molar refractivity (Wildman–Crippen MR) is 147 cm³/mol. The van der Waals surface area contributed by atoms with E-state index in [0.29, 0.717) is 40.9 Å². The highest BCUT2D eigenvalue weighted by molar-refractivity contribution is 6.35. The summed E-state index contributed by atoms with van der Waals surface area (Å²) in [4.78, 5) is 50.6. The number of halogens is 2. The predicted octanol–water partition coefficient (Wildman–Crippen LogP) is 6.93. The number of hydrogen-bond donors (Lipinski definition) is 2. The van der Waals surface area contributed by atoms with Crippen molar-refractivity contribution in [3.8, 4) is 0 Å². The van der Waals surface area contributed by atoms with Gasteiger partial charge in [0, 0.05) is 21.7 Å². The van der Waals surface area contributed by atoms with Crippen LogP contribution in [-0.4, -0.2) is 30.2 Å². The summed E-state index contributed by atoms with van der Waals surface area (Å²) in [5.41, 5.74) is 0.192. The van der Waals surface area contributed by atoms with Crippen molar-refractivity contribution in [2.45, 2.75) is 59.8 Å². The van der Waals surface area contributed by atoms with Crippen LogP contribution in [0, 0.1) is 11.3 Å². The zero-order valence-corrected chi connectivity index (χ0v) is 23.2. The molecule has 0 fully saturated rings. The number of amides is 2. The van der Waals surface area contributed by atoms with E-state index >= 15 is 0 Å². The van der Waals surface area contributed by atoms with Crippen molar-refractivity contribution in [3.63, 3.8) is 0 Å². The van der Waals surface area contributed by atoms with Crippen molar-refractivity contribution < 1.29 is 23.9 Å². The number of ether oxygens (including phenoxy) is 1. The quantitative estimate of drug-likeness (QED) is 0.122. The van der Waals surface area contributed by atoms with E-state index in [2.05, 4.69) is 10.6 Å². The van der Waals surface area contributed by atoms with Gasteiger partial charge in [-0.25, -0.2) is 0 Å². The van der Waals surface area contributed by atoms with Crippen LogP contribution in [0.3, 0.4) is 0 Å². The second-order valence-corrected chi connectivity index (χ2v) is 10.2. The molecule has 37 heavy (non-hydrogen) atoms. The van der Waals surface area contributed by atoms with Gasteiger partial charge in [-0.3, -0.25) is 19.2 Å². The lowest BCUT2D eigenvalue weighted by Crippen LogP contribution is -2.36. The third-order valence-electron chi connectivity index (χ3n) is 6.20. The number of carbonyl (C=O) groups excluding carboxylic acids is 4. The molecule has 0 spiro atoms. The SMILES string of the molecule is CCCCOC(=O)C(C)CC(C)(CC)C(=O)Nc1cccc(C(=O)CC(=O)Nc2cc(Cl)ccc2Cl)c1. The van der Waals surface area contributed by atoms with E-state index in [1.54, 1.807) is 44.2 Å². The number of nitrogens with one attached hydrogen (secondary N) is 2. The largest absolute Gasteiger partial charge is 0.465 e. The minimum absolute atomic E-state index is 0.263. The van der Waals surface area contributed by atoms with E-state index < -0.39 is 29.4 Å². The van der Waals surface area contributed by atoms with Gasteiger partial charge in [-0.05, 0) is 49.6 Å². The lowest BCUT2D eigenvalue weighted by molar-refractivity contribution is -0.149. The van der Waals surface area contributed by atoms with E-state index in [9.17, 15) is 19.2 Å². The Hall–Kier alpha value is -2.90. The Morgan fingerprint density at radius 2 is 1.76 bits per heavy atom. The number of Topliss-reactive ketones (excluding diaryl/α,β-unsaturated/α-hetero) is 1. The first-order chi connectivity index (χ1) is 17.5. The first-order valence-corrected chi connectivity index (χ1v) is 13.1. The molecule has 7 nitrogen and oxygen atoms in total. The maximum Gasteiger partial charge on any atom is 0.308 e. The Kier molecular flexibility index (Phi) is 11.6. The molecule has 9 heteroatoms. The summed E-state index contributed by atoms with van der Waals surface area (Å²) >= 11 is 12.0.